The van der Waals surface area contributed by atoms with E-state index in [0.717, 1.165) is 24.9 Å². The van der Waals surface area contributed by atoms with Crippen LogP contribution in [0.25, 0.3) is 0 Å². The topological polar surface area (TPSA) is 55.1 Å². The second-order valence-electron chi connectivity index (χ2n) is 4.97. The smallest absolute Gasteiger partial charge is 0.243 e. The van der Waals surface area contributed by atoms with Crippen LogP contribution in [0.4, 0.5) is 5.69 Å². The molecule has 1 saturated carbocycles. The van der Waals surface area contributed by atoms with Gasteiger partial charge in [-0.15, -0.1) is 0 Å². The third kappa shape index (κ3) is 2.28. The molecule has 0 radical (unpaired) electrons. The summed E-state index contributed by atoms with van der Waals surface area (Å²) in [6, 6.07) is 9.85. The number of benzene rings is 1. The first-order chi connectivity index (χ1) is 8.15. The molecule has 3 heteroatoms. The van der Waals surface area contributed by atoms with Crippen LogP contribution in [0.1, 0.15) is 32.6 Å². The minimum absolute atomic E-state index is 0.228. The lowest BCUT2D eigenvalue weighted by atomic mass is 9.73. The van der Waals surface area contributed by atoms with Gasteiger partial charge in [0.05, 0.1) is 0 Å². The lowest BCUT2D eigenvalue weighted by molar-refractivity contribution is -0.124. The molecule has 1 aliphatic carbocycles. The number of rotatable bonds is 3. The molecule has 0 bridgehead atoms. The fraction of sp³-hybridized carbons (Fsp3) is 0.500. The van der Waals surface area contributed by atoms with Crippen molar-refractivity contribution in [2.45, 2.75) is 38.1 Å². The van der Waals surface area contributed by atoms with Crippen molar-refractivity contribution in [3.8, 4) is 0 Å². The molecule has 17 heavy (non-hydrogen) atoms. The number of nitrogens with one attached hydrogen (secondary N) is 1. The predicted molar refractivity (Wildman–Crippen MR) is 69.6 cm³/mol. The van der Waals surface area contributed by atoms with Gasteiger partial charge in [0, 0.05) is 5.69 Å². The highest BCUT2D eigenvalue weighted by Crippen LogP contribution is 2.36. The molecule has 2 unspecified atom stereocenters. The van der Waals surface area contributed by atoms with E-state index in [1.807, 2.05) is 30.3 Å². The summed E-state index contributed by atoms with van der Waals surface area (Å²) in [6.45, 7) is 2.11. The van der Waals surface area contributed by atoms with Gasteiger partial charge >= 0.3 is 0 Å². The van der Waals surface area contributed by atoms with Crippen LogP contribution in [0.5, 0.6) is 0 Å². The highest BCUT2D eigenvalue weighted by atomic mass is 16.1. The average Bonchev–Trinajstić information content (AvgIpc) is 2.33. The van der Waals surface area contributed by atoms with Crippen molar-refractivity contribution in [3.05, 3.63) is 30.3 Å². The van der Waals surface area contributed by atoms with Gasteiger partial charge in [-0.05, 0) is 30.9 Å². The summed E-state index contributed by atoms with van der Waals surface area (Å²) in [5, 5.41) is 3.37. The van der Waals surface area contributed by atoms with Crippen molar-refractivity contribution in [3.63, 3.8) is 0 Å². The predicted octanol–water partition coefficient (Wildman–Crippen LogP) is 2.53. The molecular weight excluding hydrogens is 212 g/mol. The van der Waals surface area contributed by atoms with E-state index in [-0.39, 0.29) is 11.8 Å². The molecular formula is C14H20N2O. The molecule has 0 saturated heterocycles. The highest BCUT2D eigenvalue weighted by Gasteiger charge is 2.43. The Morgan fingerprint density at radius 2 is 2.06 bits per heavy atom. The van der Waals surface area contributed by atoms with E-state index in [0.29, 0.717) is 0 Å². The molecule has 1 amide bonds. The van der Waals surface area contributed by atoms with Crippen LogP contribution in [0.15, 0.2) is 30.3 Å². The van der Waals surface area contributed by atoms with E-state index in [4.69, 9.17) is 5.73 Å². The van der Waals surface area contributed by atoms with Gasteiger partial charge in [-0.25, -0.2) is 0 Å². The first-order valence-corrected chi connectivity index (χ1v) is 6.28. The number of carbonyl (C=O) groups is 1. The average molecular weight is 232 g/mol. The molecule has 3 nitrogen and oxygen atoms in total. The molecule has 1 aromatic carbocycles. The second-order valence-corrected chi connectivity index (χ2v) is 4.97. The zero-order valence-corrected chi connectivity index (χ0v) is 10.3. The van der Waals surface area contributed by atoms with E-state index in [2.05, 4.69) is 12.2 Å². The molecule has 2 rings (SSSR count). The summed E-state index contributed by atoms with van der Waals surface area (Å²) in [5.41, 5.74) is 6.04. The summed E-state index contributed by atoms with van der Waals surface area (Å²) in [5.74, 6) is 0.0579. The lowest BCUT2D eigenvalue weighted by Crippen LogP contribution is -2.56. The Morgan fingerprint density at radius 3 is 2.65 bits per heavy atom. The number of carbonyl (C=O) groups excluding carboxylic acids is 1. The van der Waals surface area contributed by atoms with E-state index in [1.54, 1.807) is 0 Å². The van der Waals surface area contributed by atoms with Gasteiger partial charge in [0.2, 0.25) is 5.91 Å². The van der Waals surface area contributed by atoms with Crippen LogP contribution in [-0.2, 0) is 4.79 Å². The molecule has 1 aromatic rings. The zero-order chi connectivity index (χ0) is 12.3. The largest absolute Gasteiger partial charge is 0.371 e. The van der Waals surface area contributed by atoms with Gasteiger partial charge in [-0.1, -0.05) is 38.0 Å². The summed E-state index contributed by atoms with van der Waals surface area (Å²) in [4.78, 5) is 11.9. The van der Waals surface area contributed by atoms with Gasteiger partial charge in [0.15, 0.2) is 0 Å². The normalized spacial score (nSPS) is 28.6. The van der Waals surface area contributed by atoms with Crippen molar-refractivity contribution in [1.29, 1.82) is 0 Å². The van der Waals surface area contributed by atoms with Crippen molar-refractivity contribution in [1.82, 2.24) is 0 Å². The Labute approximate surface area is 102 Å². The zero-order valence-electron chi connectivity index (χ0n) is 10.3. The van der Waals surface area contributed by atoms with E-state index >= 15 is 0 Å². The van der Waals surface area contributed by atoms with Crippen molar-refractivity contribution in [2.24, 2.45) is 11.7 Å². The lowest BCUT2D eigenvalue weighted by Gasteiger charge is -2.41. The van der Waals surface area contributed by atoms with Crippen LogP contribution >= 0.6 is 0 Å². The molecule has 3 N–H and O–H groups in total. The van der Waals surface area contributed by atoms with Crippen LogP contribution in [0.2, 0.25) is 0 Å². The monoisotopic (exact) mass is 232 g/mol. The van der Waals surface area contributed by atoms with Gasteiger partial charge in [0.25, 0.3) is 0 Å². The van der Waals surface area contributed by atoms with E-state index in [9.17, 15) is 4.79 Å². The second kappa shape index (κ2) is 4.78. The summed E-state index contributed by atoms with van der Waals surface area (Å²) < 4.78 is 0. The third-order valence-electron chi connectivity index (χ3n) is 3.88. The van der Waals surface area contributed by atoms with Gasteiger partial charge in [0.1, 0.15) is 5.54 Å². The summed E-state index contributed by atoms with van der Waals surface area (Å²) in [6.07, 6.45) is 4.14. The number of primary amides is 1. The SMILES string of the molecule is CC1CCCCC1(Nc1ccccc1)C(N)=O. The van der Waals surface area contributed by atoms with Crippen LogP contribution < -0.4 is 11.1 Å². The number of para-hydroxylation sites is 1. The Hall–Kier alpha value is -1.51. The maximum atomic E-state index is 11.9. The minimum atomic E-state index is -0.570. The molecule has 92 valence electrons. The third-order valence-corrected chi connectivity index (χ3v) is 3.88. The maximum Gasteiger partial charge on any atom is 0.243 e. The molecule has 0 spiro atoms. The molecule has 1 aliphatic rings. The molecule has 0 heterocycles. The van der Waals surface area contributed by atoms with Crippen molar-refractivity contribution < 1.29 is 4.79 Å². The highest BCUT2D eigenvalue weighted by molar-refractivity contribution is 5.88. The number of amides is 1. The molecule has 2 atom stereocenters. The van der Waals surface area contributed by atoms with E-state index in [1.165, 1.54) is 6.42 Å². The Bertz CT molecular complexity index is 390. The quantitative estimate of drug-likeness (QED) is 0.841. The summed E-state index contributed by atoms with van der Waals surface area (Å²) >= 11 is 0. The Kier molecular flexibility index (Phi) is 3.36. The van der Waals surface area contributed by atoms with Crippen molar-refractivity contribution >= 4 is 11.6 Å². The van der Waals surface area contributed by atoms with Crippen LogP contribution in [-0.4, -0.2) is 11.4 Å². The standard InChI is InChI=1S/C14H20N2O/c1-11-7-5-6-10-14(11,13(15)17)16-12-8-3-2-4-9-12/h2-4,8-9,11,16H,5-7,10H2,1H3,(H2,15,17). The molecule has 0 aromatic heterocycles. The Balaban J connectivity index is 2.25. The van der Waals surface area contributed by atoms with Gasteiger partial charge in [-0.3, -0.25) is 4.79 Å². The Morgan fingerprint density at radius 1 is 1.35 bits per heavy atom. The maximum absolute atomic E-state index is 11.9. The van der Waals surface area contributed by atoms with Gasteiger partial charge < -0.3 is 11.1 Å². The van der Waals surface area contributed by atoms with Gasteiger partial charge in [-0.2, -0.15) is 0 Å². The number of hydrogen-bond donors (Lipinski definition) is 2. The first kappa shape index (κ1) is 12.0. The fourth-order valence-corrected chi connectivity index (χ4v) is 2.74. The van der Waals surface area contributed by atoms with Crippen LogP contribution in [0, 0.1) is 5.92 Å². The van der Waals surface area contributed by atoms with Crippen LogP contribution in [0.3, 0.4) is 0 Å². The fourth-order valence-electron chi connectivity index (χ4n) is 2.74. The number of nitrogens with two attached hydrogens (primary N) is 1. The molecule has 0 aliphatic heterocycles. The number of hydrogen-bond acceptors (Lipinski definition) is 2. The minimum Gasteiger partial charge on any atom is -0.371 e. The van der Waals surface area contributed by atoms with Crippen molar-refractivity contribution in [2.75, 3.05) is 5.32 Å². The first-order valence-electron chi connectivity index (χ1n) is 6.28. The summed E-state index contributed by atoms with van der Waals surface area (Å²) in [7, 11) is 0. The van der Waals surface area contributed by atoms with E-state index < -0.39 is 5.54 Å². The number of anilines is 1. The molecule has 1 fully saturated rings.